The van der Waals surface area contributed by atoms with E-state index in [0.717, 1.165) is 38.2 Å². The molecule has 0 N–H and O–H groups in total. The van der Waals surface area contributed by atoms with Gasteiger partial charge in [-0.2, -0.15) is 0 Å². The number of hydrogen-bond acceptors (Lipinski definition) is 5. The van der Waals surface area contributed by atoms with Crippen molar-refractivity contribution in [2.45, 2.75) is 19.3 Å². The molecule has 2 heterocycles. The van der Waals surface area contributed by atoms with E-state index in [1.807, 2.05) is 66.7 Å². The smallest absolute Gasteiger partial charge is 0.231 e. The number of hydrogen-bond donors (Lipinski definition) is 0. The van der Waals surface area contributed by atoms with Crippen molar-refractivity contribution in [3.63, 3.8) is 0 Å². The molecule has 1 unspecified atom stereocenters. The van der Waals surface area contributed by atoms with Crippen LogP contribution in [-0.4, -0.2) is 13.9 Å². The van der Waals surface area contributed by atoms with Gasteiger partial charge in [-0.05, 0) is 46.5 Å². The number of rotatable bonds is 6. The highest BCUT2D eigenvalue weighted by Gasteiger charge is 2.26. The van der Waals surface area contributed by atoms with Crippen molar-refractivity contribution in [2.75, 3.05) is 13.9 Å². The van der Waals surface area contributed by atoms with Crippen LogP contribution in [0, 0.1) is 0 Å². The minimum Gasteiger partial charge on any atom is -0.493 e. The lowest BCUT2D eigenvalue weighted by molar-refractivity contribution is 0.0992. The first kappa shape index (κ1) is 20.0. The van der Waals surface area contributed by atoms with Gasteiger partial charge in [-0.15, -0.1) is 0 Å². The van der Waals surface area contributed by atoms with E-state index < -0.39 is 0 Å². The van der Waals surface area contributed by atoms with Crippen molar-refractivity contribution in [3.8, 4) is 23.0 Å². The Morgan fingerprint density at radius 1 is 1.03 bits per heavy atom. The Labute approximate surface area is 189 Å². The van der Waals surface area contributed by atoms with Gasteiger partial charge < -0.3 is 23.7 Å². The Morgan fingerprint density at radius 2 is 1.84 bits per heavy atom. The summed E-state index contributed by atoms with van der Waals surface area (Å²) in [6, 6.07) is 17.9. The molecule has 2 aliphatic rings. The number of benzene rings is 3. The van der Waals surface area contributed by atoms with Crippen molar-refractivity contribution in [2.24, 2.45) is 0 Å². The van der Waals surface area contributed by atoms with Crippen molar-refractivity contribution >= 4 is 22.0 Å². The minimum atomic E-state index is -0.142. The molecule has 0 saturated carbocycles. The fourth-order valence-corrected chi connectivity index (χ4v) is 4.15. The van der Waals surface area contributed by atoms with Gasteiger partial charge in [0.2, 0.25) is 6.79 Å². The van der Waals surface area contributed by atoms with Gasteiger partial charge in [-0.1, -0.05) is 58.4 Å². The van der Waals surface area contributed by atoms with E-state index >= 15 is 0 Å². The van der Waals surface area contributed by atoms with Crippen molar-refractivity contribution in [1.82, 2.24) is 0 Å². The van der Waals surface area contributed by atoms with Gasteiger partial charge in [0, 0.05) is 4.47 Å². The molecule has 0 aromatic heterocycles. The third-order valence-electron chi connectivity index (χ3n) is 5.33. The third-order valence-corrected chi connectivity index (χ3v) is 6.02. The summed E-state index contributed by atoms with van der Waals surface area (Å²) in [5.41, 5.74) is 4.30. The maximum Gasteiger partial charge on any atom is 0.231 e. The number of ether oxygens (including phenoxy) is 5. The van der Waals surface area contributed by atoms with Gasteiger partial charge in [-0.25, -0.2) is 0 Å². The average Bonchev–Trinajstić information content (AvgIpc) is 3.42. The number of halogens is 1. The van der Waals surface area contributed by atoms with Gasteiger partial charge in [0.05, 0.1) is 13.7 Å². The Balaban J connectivity index is 1.35. The van der Waals surface area contributed by atoms with Crippen LogP contribution in [0.2, 0.25) is 0 Å². The molecule has 0 aliphatic carbocycles. The summed E-state index contributed by atoms with van der Waals surface area (Å²) < 4.78 is 29.4. The Hall–Kier alpha value is -2.96. The zero-order chi connectivity index (χ0) is 21.2. The summed E-state index contributed by atoms with van der Waals surface area (Å²) in [6.45, 7) is 1.30. The molecule has 158 valence electrons. The molecule has 6 heteroatoms. The lowest BCUT2D eigenvalue weighted by Gasteiger charge is -2.13. The second-order valence-corrected chi connectivity index (χ2v) is 8.15. The topological polar surface area (TPSA) is 46.2 Å². The van der Waals surface area contributed by atoms with E-state index in [9.17, 15) is 0 Å². The SMILES string of the molecule is COc1cc(/C=C/C2OCc3cc4c(cc32)OCO4)c(Br)cc1OCc1ccccc1. The molecule has 0 fully saturated rings. The summed E-state index contributed by atoms with van der Waals surface area (Å²) >= 11 is 3.65. The van der Waals surface area contributed by atoms with E-state index in [4.69, 9.17) is 23.7 Å². The molecule has 3 aromatic rings. The zero-order valence-corrected chi connectivity index (χ0v) is 18.6. The molecular formula is C25H21BrO5. The normalized spacial score (nSPS) is 16.5. The summed E-state index contributed by atoms with van der Waals surface area (Å²) in [5.74, 6) is 2.91. The Kier molecular flexibility index (Phi) is 5.57. The van der Waals surface area contributed by atoms with Gasteiger partial charge >= 0.3 is 0 Å². The van der Waals surface area contributed by atoms with Crippen LogP contribution in [0.1, 0.15) is 28.4 Å². The van der Waals surface area contributed by atoms with E-state index in [1.165, 1.54) is 0 Å². The zero-order valence-electron chi connectivity index (χ0n) is 17.0. The second-order valence-electron chi connectivity index (χ2n) is 7.29. The monoisotopic (exact) mass is 480 g/mol. The van der Waals surface area contributed by atoms with Crippen LogP contribution in [0.25, 0.3) is 6.08 Å². The predicted octanol–water partition coefficient (Wildman–Crippen LogP) is 6.05. The van der Waals surface area contributed by atoms with E-state index in [0.29, 0.717) is 24.7 Å². The standard InChI is InChI=1S/C25H21BrO5/c1-27-22-9-17(20(26)12-25(22)28-13-16-5-3-2-4-6-16)7-8-21-19-11-24-23(30-15-31-24)10-18(19)14-29-21/h2-12,21H,13-15H2,1H3/b8-7+. The van der Waals surface area contributed by atoms with Crippen molar-refractivity contribution in [3.05, 3.63) is 87.4 Å². The van der Waals surface area contributed by atoms with Crippen LogP contribution in [-0.2, 0) is 18.0 Å². The first-order valence-electron chi connectivity index (χ1n) is 9.98. The van der Waals surface area contributed by atoms with Gasteiger partial charge in [0.25, 0.3) is 0 Å². The minimum absolute atomic E-state index is 0.142. The summed E-state index contributed by atoms with van der Waals surface area (Å²) in [4.78, 5) is 0. The van der Waals surface area contributed by atoms with Gasteiger partial charge in [0.1, 0.15) is 12.7 Å². The van der Waals surface area contributed by atoms with E-state index in [-0.39, 0.29) is 12.9 Å². The first-order chi connectivity index (χ1) is 15.2. The molecule has 31 heavy (non-hydrogen) atoms. The third kappa shape index (κ3) is 4.13. The molecule has 0 spiro atoms. The van der Waals surface area contributed by atoms with Crippen LogP contribution in [0.3, 0.4) is 0 Å². The van der Waals surface area contributed by atoms with Gasteiger partial charge in [0.15, 0.2) is 23.0 Å². The van der Waals surface area contributed by atoms with Crippen LogP contribution in [0.15, 0.2) is 65.1 Å². The first-order valence-corrected chi connectivity index (χ1v) is 10.8. The van der Waals surface area contributed by atoms with Crippen LogP contribution >= 0.6 is 15.9 Å². The van der Waals surface area contributed by atoms with Crippen molar-refractivity contribution in [1.29, 1.82) is 0 Å². The molecule has 0 bridgehead atoms. The fraction of sp³-hybridized carbons (Fsp3) is 0.200. The number of fused-ring (bicyclic) bond motifs is 2. The predicted molar refractivity (Wildman–Crippen MR) is 121 cm³/mol. The molecule has 3 aromatic carbocycles. The van der Waals surface area contributed by atoms with Crippen LogP contribution in [0.5, 0.6) is 23.0 Å². The molecule has 5 nitrogen and oxygen atoms in total. The second kappa shape index (κ2) is 8.65. The highest BCUT2D eigenvalue weighted by atomic mass is 79.9. The van der Waals surface area contributed by atoms with Crippen molar-refractivity contribution < 1.29 is 23.7 Å². The molecule has 2 aliphatic heterocycles. The fourth-order valence-electron chi connectivity index (χ4n) is 3.70. The maximum atomic E-state index is 5.99. The van der Waals surface area contributed by atoms with Crippen LogP contribution < -0.4 is 18.9 Å². The highest BCUT2D eigenvalue weighted by molar-refractivity contribution is 9.10. The lowest BCUT2D eigenvalue weighted by atomic mass is 10.0. The molecule has 0 saturated heterocycles. The van der Waals surface area contributed by atoms with E-state index in [2.05, 4.69) is 15.9 Å². The molecule has 0 amide bonds. The van der Waals surface area contributed by atoms with Crippen LogP contribution in [0.4, 0.5) is 0 Å². The number of methoxy groups -OCH3 is 1. The average molecular weight is 481 g/mol. The highest BCUT2D eigenvalue weighted by Crippen LogP contribution is 2.42. The molecular weight excluding hydrogens is 460 g/mol. The maximum absolute atomic E-state index is 5.99. The quantitative estimate of drug-likeness (QED) is 0.429. The van der Waals surface area contributed by atoms with E-state index in [1.54, 1.807) is 7.11 Å². The summed E-state index contributed by atoms with van der Waals surface area (Å²) in [6.07, 6.45) is 3.92. The summed E-state index contributed by atoms with van der Waals surface area (Å²) in [7, 11) is 1.64. The summed E-state index contributed by atoms with van der Waals surface area (Å²) in [5, 5.41) is 0. The Morgan fingerprint density at radius 3 is 2.65 bits per heavy atom. The Bertz CT molecular complexity index is 1130. The molecule has 0 radical (unpaired) electrons. The molecule has 1 atom stereocenters. The van der Waals surface area contributed by atoms with Gasteiger partial charge in [-0.3, -0.25) is 0 Å². The lowest BCUT2D eigenvalue weighted by Crippen LogP contribution is -1.98. The largest absolute Gasteiger partial charge is 0.493 e. The molecule has 5 rings (SSSR count).